The van der Waals surface area contributed by atoms with Gasteiger partial charge in [0.2, 0.25) is 0 Å². The van der Waals surface area contributed by atoms with E-state index in [1.165, 1.54) is 7.11 Å². The molecule has 8 nitrogen and oxygen atoms in total. The van der Waals surface area contributed by atoms with E-state index < -0.39 is 0 Å². The van der Waals surface area contributed by atoms with Crippen LogP contribution in [0.2, 0.25) is 0 Å². The Kier molecular flexibility index (Phi) is 2.94. The van der Waals surface area contributed by atoms with Gasteiger partial charge in [0, 0.05) is 19.1 Å². The molecule has 1 amide bonds. The molecule has 0 aliphatic carbocycles. The minimum Gasteiger partial charge on any atom is -0.496 e. The SMILES string of the molecule is COc1cc2[nH]ncc2cc1C(=O)Nc1cnc2cccnn12.[HH]. The predicted molar refractivity (Wildman–Crippen MR) is 85.7 cm³/mol. The molecule has 0 radical (unpaired) electrons. The second kappa shape index (κ2) is 5.09. The molecule has 0 saturated heterocycles. The smallest absolute Gasteiger partial charge is 0.260 e. The van der Waals surface area contributed by atoms with Crippen molar-refractivity contribution in [1.29, 1.82) is 0 Å². The maximum Gasteiger partial charge on any atom is 0.260 e. The molecule has 3 aromatic heterocycles. The number of anilines is 1. The van der Waals surface area contributed by atoms with Crippen LogP contribution in [0.5, 0.6) is 5.75 Å². The number of methoxy groups -OCH3 is 1. The van der Waals surface area contributed by atoms with Gasteiger partial charge in [0.25, 0.3) is 5.91 Å². The number of hydrogen-bond donors (Lipinski definition) is 2. The Balaban J connectivity index is 0.00000169. The molecule has 0 unspecified atom stereocenters. The minimum atomic E-state index is -0.308. The summed E-state index contributed by atoms with van der Waals surface area (Å²) in [5.41, 5.74) is 1.86. The van der Waals surface area contributed by atoms with Crippen molar-refractivity contribution in [3.05, 3.63) is 48.4 Å². The zero-order chi connectivity index (χ0) is 15.8. The maximum atomic E-state index is 12.6. The molecule has 4 aromatic rings. The molecule has 0 spiro atoms. The van der Waals surface area contributed by atoms with Gasteiger partial charge in [-0.25, -0.2) is 4.98 Å². The van der Waals surface area contributed by atoms with Crippen molar-refractivity contribution in [2.24, 2.45) is 0 Å². The number of imidazole rings is 1. The Morgan fingerprint density at radius 3 is 3.17 bits per heavy atom. The number of carbonyl (C=O) groups is 1. The van der Waals surface area contributed by atoms with Gasteiger partial charge in [0.15, 0.2) is 11.5 Å². The van der Waals surface area contributed by atoms with Crippen LogP contribution in [0.3, 0.4) is 0 Å². The summed E-state index contributed by atoms with van der Waals surface area (Å²) < 4.78 is 6.86. The molecule has 0 atom stereocenters. The largest absolute Gasteiger partial charge is 0.496 e. The Hall–Kier alpha value is -3.42. The van der Waals surface area contributed by atoms with Crippen LogP contribution >= 0.6 is 0 Å². The van der Waals surface area contributed by atoms with E-state index in [2.05, 4.69) is 25.6 Å². The number of carbonyl (C=O) groups excluding carboxylic acids is 1. The lowest BCUT2D eigenvalue weighted by Crippen LogP contribution is -2.15. The van der Waals surface area contributed by atoms with Crippen LogP contribution in [-0.2, 0) is 0 Å². The van der Waals surface area contributed by atoms with Crippen LogP contribution in [0.25, 0.3) is 16.6 Å². The molecule has 8 heteroatoms. The molecule has 23 heavy (non-hydrogen) atoms. The fourth-order valence-corrected chi connectivity index (χ4v) is 2.42. The number of fused-ring (bicyclic) bond motifs is 2. The summed E-state index contributed by atoms with van der Waals surface area (Å²) >= 11 is 0. The summed E-state index contributed by atoms with van der Waals surface area (Å²) in [6.07, 6.45) is 4.84. The van der Waals surface area contributed by atoms with Crippen LogP contribution < -0.4 is 10.1 Å². The topological polar surface area (TPSA) is 97.2 Å². The highest BCUT2D eigenvalue weighted by atomic mass is 16.5. The molecule has 0 fully saturated rings. The number of aromatic nitrogens is 5. The standard InChI is InChI=1S/C15H12N6O2.H2/c1-23-12-6-11-9(7-17-20-11)5-10(12)15(22)19-14-8-16-13-3-2-4-18-21(13)14;/h2-8H,1H3,(H,17,20)(H,19,22);1H. The number of H-pyrrole nitrogens is 1. The third-order valence-corrected chi connectivity index (χ3v) is 3.52. The first-order valence-corrected chi connectivity index (χ1v) is 6.87. The van der Waals surface area contributed by atoms with Gasteiger partial charge in [-0.05, 0) is 18.2 Å². The van der Waals surface area contributed by atoms with E-state index in [4.69, 9.17) is 4.74 Å². The van der Waals surface area contributed by atoms with Gasteiger partial charge in [-0.15, -0.1) is 0 Å². The van der Waals surface area contributed by atoms with Crippen LogP contribution in [0.4, 0.5) is 5.82 Å². The molecule has 0 aliphatic rings. The zero-order valence-electron chi connectivity index (χ0n) is 12.1. The highest BCUT2D eigenvalue weighted by Gasteiger charge is 2.16. The van der Waals surface area contributed by atoms with Crippen molar-refractivity contribution >= 4 is 28.3 Å². The second-order valence-corrected chi connectivity index (χ2v) is 4.90. The highest BCUT2D eigenvalue weighted by molar-refractivity contribution is 6.08. The number of amides is 1. The first-order valence-electron chi connectivity index (χ1n) is 6.87. The van der Waals surface area contributed by atoms with E-state index in [-0.39, 0.29) is 7.33 Å². The molecule has 0 saturated carbocycles. The maximum absolute atomic E-state index is 12.6. The average Bonchev–Trinajstić information content (AvgIpc) is 3.20. The van der Waals surface area contributed by atoms with Crippen LogP contribution in [0, 0.1) is 0 Å². The number of hydrogen-bond acceptors (Lipinski definition) is 5. The Bertz CT molecular complexity index is 1030. The molecule has 3 heterocycles. The Labute approximate surface area is 131 Å². The summed E-state index contributed by atoms with van der Waals surface area (Å²) in [6.45, 7) is 0. The zero-order valence-corrected chi connectivity index (χ0v) is 12.1. The van der Waals surface area contributed by atoms with Crippen molar-refractivity contribution in [3.63, 3.8) is 0 Å². The third kappa shape index (κ3) is 2.16. The number of benzene rings is 1. The summed E-state index contributed by atoms with van der Waals surface area (Å²) in [5, 5.41) is 14.6. The van der Waals surface area contributed by atoms with Gasteiger partial charge in [0.05, 0.1) is 30.6 Å². The van der Waals surface area contributed by atoms with Crippen molar-refractivity contribution < 1.29 is 11.0 Å². The van der Waals surface area contributed by atoms with Gasteiger partial charge < -0.3 is 10.1 Å². The molecule has 4 rings (SSSR count). The lowest BCUT2D eigenvalue weighted by atomic mass is 10.1. The van der Waals surface area contributed by atoms with E-state index in [0.29, 0.717) is 22.8 Å². The third-order valence-electron chi connectivity index (χ3n) is 3.52. The fourth-order valence-electron chi connectivity index (χ4n) is 2.42. The van der Waals surface area contributed by atoms with Gasteiger partial charge in [-0.1, -0.05) is 0 Å². The predicted octanol–water partition coefficient (Wildman–Crippen LogP) is 2.11. The van der Waals surface area contributed by atoms with Crippen molar-refractivity contribution in [2.45, 2.75) is 0 Å². The van der Waals surface area contributed by atoms with Gasteiger partial charge in [-0.2, -0.15) is 14.7 Å². The molecule has 1 aromatic carbocycles. The highest BCUT2D eigenvalue weighted by Crippen LogP contribution is 2.25. The summed E-state index contributed by atoms with van der Waals surface area (Å²) in [7, 11) is 1.52. The molecule has 116 valence electrons. The second-order valence-electron chi connectivity index (χ2n) is 4.90. The van der Waals surface area contributed by atoms with Gasteiger partial charge >= 0.3 is 0 Å². The lowest BCUT2D eigenvalue weighted by molar-refractivity contribution is 0.102. The van der Waals surface area contributed by atoms with E-state index >= 15 is 0 Å². The Morgan fingerprint density at radius 1 is 1.39 bits per heavy atom. The monoisotopic (exact) mass is 310 g/mol. The minimum absolute atomic E-state index is 0. The number of nitrogens with zero attached hydrogens (tertiary/aromatic N) is 4. The van der Waals surface area contributed by atoms with E-state index in [1.807, 2.05) is 0 Å². The first kappa shape index (κ1) is 13.3. The number of nitrogens with one attached hydrogen (secondary N) is 2. The molecule has 0 bridgehead atoms. The van der Waals surface area contributed by atoms with Crippen LogP contribution in [-0.4, -0.2) is 37.8 Å². The van der Waals surface area contributed by atoms with E-state index in [1.54, 1.807) is 47.4 Å². The van der Waals surface area contributed by atoms with Gasteiger partial charge in [-0.3, -0.25) is 9.89 Å². The van der Waals surface area contributed by atoms with Crippen LogP contribution in [0.15, 0.2) is 42.9 Å². The Morgan fingerprint density at radius 2 is 2.30 bits per heavy atom. The van der Waals surface area contributed by atoms with Gasteiger partial charge in [0.1, 0.15) is 5.75 Å². The quantitative estimate of drug-likeness (QED) is 0.604. The normalized spacial score (nSPS) is 11.0. The number of aromatic amines is 1. The van der Waals surface area contributed by atoms with Crippen molar-refractivity contribution in [2.75, 3.05) is 12.4 Å². The van der Waals surface area contributed by atoms with E-state index in [0.717, 1.165) is 10.9 Å². The molecular formula is C15H14N6O2. The number of ether oxygens (including phenoxy) is 1. The summed E-state index contributed by atoms with van der Waals surface area (Å²) in [6, 6.07) is 7.05. The number of rotatable bonds is 3. The molecule has 0 aliphatic heterocycles. The molecular weight excluding hydrogens is 296 g/mol. The summed E-state index contributed by atoms with van der Waals surface area (Å²) in [5.74, 6) is 0.637. The van der Waals surface area contributed by atoms with Crippen LogP contribution in [0.1, 0.15) is 11.8 Å². The first-order chi connectivity index (χ1) is 11.3. The van der Waals surface area contributed by atoms with Crippen molar-refractivity contribution in [3.8, 4) is 5.75 Å². The lowest BCUT2D eigenvalue weighted by Gasteiger charge is -2.09. The van der Waals surface area contributed by atoms with Crippen molar-refractivity contribution in [1.82, 2.24) is 24.8 Å². The fraction of sp³-hybridized carbons (Fsp3) is 0.0667. The summed E-state index contributed by atoms with van der Waals surface area (Å²) in [4.78, 5) is 16.8. The van der Waals surface area contributed by atoms with E-state index in [9.17, 15) is 4.79 Å². The molecule has 2 N–H and O–H groups in total. The average molecular weight is 310 g/mol.